The van der Waals surface area contributed by atoms with Gasteiger partial charge in [0, 0.05) is 50.0 Å². The first-order valence-corrected chi connectivity index (χ1v) is 12.4. The van der Waals surface area contributed by atoms with Gasteiger partial charge in [0.1, 0.15) is 12.6 Å². The Morgan fingerprint density at radius 2 is 1.92 bits per heavy atom. The molecule has 9 heteroatoms. The average molecular weight is 485 g/mol. The molecule has 0 radical (unpaired) electrons. The lowest BCUT2D eigenvalue weighted by atomic mass is 10.1. The van der Waals surface area contributed by atoms with Crippen molar-refractivity contribution in [1.82, 2.24) is 19.6 Å². The number of aryl methyl sites for hydroxylation is 1. The molecule has 2 aromatic heterocycles. The highest BCUT2D eigenvalue weighted by Gasteiger charge is 2.26. The second-order valence-corrected chi connectivity index (χ2v) is 9.69. The van der Waals surface area contributed by atoms with Crippen LogP contribution in [0.1, 0.15) is 28.8 Å². The van der Waals surface area contributed by atoms with Gasteiger partial charge in [-0.15, -0.1) is 0 Å². The summed E-state index contributed by atoms with van der Waals surface area (Å²) in [5, 5.41) is 6.96. The van der Waals surface area contributed by atoms with E-state index in [0.29, 0.717) is 28.0 Å². The quantitative estimate of drug-likeness (QED) is 0.448. The number of nitrogens with zero attached hydrogens (tertiary/aromatic N) is 5. The van der Waals surface area contributed by atoms with Crippen LogP contribution in [0.15, 0.2) is 64.4 Å². The van der Waals surface area contributed by atoms with E-state index in [2.05, 4.69) is 31.3 Å². The maximum absolute atomic E-state index is 13.6. The number of benzene rings is 2. The Hall–Kier alpha value is -3.98. The summed E-state index contributed by atoms with van der Waals surface area (Å²) in [5.41, 5.74) is 3.42. The second kappa shape index (κ2) is 9.23. The molecule has 184 valence electrons. The minimum Gasteiger partial charge on any atom is -0.369 e. The van der Waals surface area contributed by atoms with Gasteiger partial charge in [-0.25, -0.2) is 4.98 Å². The van der Waals surface area contributed by atoms with E-state index in [-0.39, 0.29) is 11.5 Å². The summed E-state index contributed by atoms with van der Waals surface area (Å²) in [5.74, 6) is 0.889. The molecule has 1 aliphatic heterocycles. The summed E-state index contributed by atoms with van der Waals surface area (Å²) in [4.78, 5) is 35.8. The van der Waals surface area contributed by atoms with Crippen LogP contribution in [0.2, 0.25) is 0 Å². The van der Waals surface area contributed by atoms with Crippen molar-refractivity contribution in [1.29, 1.82) is 0 Å². The predicted octanol–water partition coefficient (Wildman–Crippen LogP) is 3.47. The average Bonchev–Trinajstić information content (AvgIpc) is 3.56. The molecule has 1 aliphatic carbocycles. The zero-order valence-electron chi connectivity index (χ0n) is 20.2. The summed E-state index contributed by atoms with van der Waals surface area (Å²) < 4.78 is 6.29. The largest absolute Gasteiger partial charge is 0.369 e. The number of rotatable bonds is 6. The van der Waals surface area contributed by atoms with E-state index in [1.807, 2.05) is 25.1 Å². The van der Waals surface area contributed by atoms with Crippen molar-refractivity contribution < 1.29 is 9.32 Å². The van der Waals surface area contributed by atoms with Crippen LogP contribution in [-0.4, -0.2) is 58.2 Å². The molecule has 1 amide bonds. The van der Waals surface area contributed by atoms with Crippen molar-refractivity contribution >= 4 is 28.3 Å². The molecule has 3 heterocycles. The highest BCUT2D eigenvalue weighted by Crippen LogP contribution is 2.30. The molecule has 6 rings (SSSR count). The minimum atomic E-state index is -0.338. The molecule has 1 saturated carbocycles. The van der Waals surface area contributed by atoms with E-state index in [1.165, 1.54) is 36.5 Å². The van der Waals surface area contributed by atoms with Crippen molar-refractivity contribution in [2.45, 2.75) is 19.8 Å². The Morgan fingerprint density at radius 1 is 1.08 bits per heavy atom. The maximum Gasteiger partial charge on any atom is 0.265 e. The summed E-state index contributed by atoms with van der Waals surface area (Å²) >= 11 is 0. The van der Waals surface area contributed by atoms with Crippen molar-refractivity contribution in [2.24, 2.45) is 5.92 Å². The zero-order valence-corrected chi connectivity index (χ0v) is 20.2. The molecule has 0 unspecified atom stereocenters. The van der Waals surface area contributed by atoms with Crippen LogP contribution in [0.5, 0.6) is 0 Å². The van der Waals surface area contributed by atoms with Gasteiger partial charge in [0.25, 0.3) is 11.5 Å². The molecule has 2 aliphatic rings. The minimum absolute atomic E-state index is 0.161. The van der Waals surface area contributed by atoms with Crippen LogP contribution in [0.3, 0.4) is 0 Å². The molecular formula is C27H28N6O3. The number of hydrogen-bond acceptors (Lipinski definition) is 7. The molecule has 0 bridgehead atoms. The Kier molecular flexibility index (Phi) is 5.77. The second-order valence-electron chi connectivity index (χ2n) is 9.69. The highest BCUT2D eigenvalue weighted by atomic mass is 16.5. The lowest BCUT2D eigenvalue weighted by Crippen LogP contribution is -2.47. The van der Waals surface area contributed by atoms with Gasteiger partial charge in [-0.3, -0.25) is 19.1 Å². The Bertz CT molecular complexity index is 1470. The molecule has 4 aromatic rings. The number of piperazine rings is 1. The fraction of sp³-hybridized carbons (Fsp3) is 0.333. The van der Waals surface area contributed by atoms with Gasteiger partial charge in [0.05, 0.1) is 16.6 Å². The van der Waals surface area contributed by atoms with Crippen LogP contribution >= 0.6 is 0 Å². The number of carbonyl (C=O) groups is 1. The molecule has 9 nitrogen and oxygen atoms in total. The molecule has 2 aromatic carbocycles. The highest BCUT2D eigenvalue weighted by molar-refractivity contribution is 6.04. The summed E-state index contributed by atoms with van der Waals surface area (Å²) in [6.45, 7) is 7.13. The third-order valence-electron chi connectivity index (χ3n) is 7.10. The molecule has 36 heavy (non-hydrogen) atoms. The lowest BCUT2D eigenvalue weighted by molar-refractivity contribution is 0.102. The maximum atomic E-state index is 13.6. The van der Waals surface area contributed by atoms with Gasteiger partial charge < -0.3 is 14.7 Å². The molecule has 1 N–H and O–H groups in total. The van der Waals surface area contributed by atoms with Gasteiger partial charge in [-0.2, -0.15) is 0 Å². The Morgan fingerprint density at radius 3 is 2.67 bits per heavy atom. The van der Waals surface area contributed by atoms with Crippen LogP contribution < -0.4 is 15.8 Å². The molecule has 2 fully saturated rings. The Labute approximate surface area is 208 Å². The fourth-order valence-electron chi connectivity index (χ4n) is 4.81. The number of fused-ring (bicyclic) bond motifs is 1. The van der Waals surface area contributed by atoms with Crippen molar-refractivity contribution in [2.75, 3.05) is 42.9 Å². The topological polar surface area (TPSA) is 96.5 Å². The van der Waals surface area contributed by atoms with E-state index in [4.69, 9.17) is 4.52 Å². The third-order valence-corrected chi connectivity index (χ3v) is 7.10. The fourth-order valence-corrected chi connectivity index (χ4v) is 4.81. The predicted molar refractivity (Wildman–Crippen MR) is 138 cm³/mol. The SMILES string of the molecule is Cc1ccc(C(=O)Nc2ccon2)cc1-n1cnc2ccc(N3CCN(CC4CC4)CC3)cc2c1=O. The van der Waals surface area contributed by atoms with E-state index in [0.717, 1.165) is 43.3 Å². The van der Waals surface area contributed by atoms with Gasteiger partial charge in [0.15, 0.2) is 5.82 Å². The van der Waals surface area contributed by atoms with E-state index < -0.39 is 0 Å². The molecule has 1 saturated heterocycles. The van der Waals surface area contributed by atoms with Gasteiger partial charge in [-0.05, 0) is 61.6 Å². The monoisotopic (exact) mass is 484 g/mol. The first kappa shape index (κ1) is 22.5. The zero-order chi connectivity index (χ0) is 24.6. The molecule has 0 atom stereocenters. The van der Waals surface area contributed by atoms with Gasteiger partial charge in [-0.1, -0.05) is 11.2 Å². The van der Waals surface area contributed by atoms with E-state index >= 15 is 0 Å². The van der Waals surface area contributed by atoms with Crippen LogP contribution in [0, 0.1) is 12.8 Å². The Balaban J connectivity index is 1.28. The number of anilines is 2. The third kappa shape index (κ3) is 4.49. The van der Waals surface area contributed by atoms with Gasteiger partial charge in [0.2, 0.25) is 0 Å². The van der Waals surface area contributed by atoms with Crippen molar-refractivity contribution in [3.05, 3.63) is 76.5 Å². The first-order chi connectivity index (χ1) is 17.5. The number of aromatic nitrogens is 3. The summed E-state index contributed by atoms with van der Waals surface area (Å²) in [7, 11) is 0. The standard InChI is InChI=1S/C27H28N6O3/c1-18-2-5-20(26(34)29-25-8-13-36-30-25)14-24(18)33-17-28-23-7-6-21(15-22(23)27(33)35)32-11-9-31(10-12-32)16-19-3-4-19/h2,5-8,13-15,17,19H,3-4,9-12,16H2,1H3,(H,29,30,34). The lowest BCUT2D eigenvalue weighted by Gasteiger charge is -2.36. The first-order valence-electron chi connectivity index (χ1n) is 12.4. The number of carbonyl (C=O) groups excluding carboxylic acids is 1. The number of hydrogen-bond donors (Lipinski definition) is 1. The molecular weight excluding hydrogens is 456 g/mol. The smallest absolute Gasteiger partial charge is 0.265 e. The van der Waals surface area contributed by atoms with Crippen LogP contribution in [0.25, 0.3) is 16.6 Å². The number of amides is 1. The van der Waals surface area contributed by atoms with Crippen molar-refractivity contribution in [3.8, 4) is 5.69 Å². The van der Waals surface area contributed by atoms with Crippen LogP contribution in [-0.2, 0) is 0 Å². The summed E-state index contributed by atoms with van der Waals surface area (Å²) in [6, 6.07) is 12.7. The summed E-state index contributed by atoms with van der Waals surface area (Å²) in [6.07, 6.45) is 5.67. The van der Waals surface area contributed by atoms with E-state index in [1.54, 1.807) is 18.2 Å². The van der Waals surface area contributed by atoms with Crippen molar-refractivity contribution in [3.63, 3.8) is 0 Å². The van der Waals surface area contributed by atoms with Crippen LogP contribution in [0.4, 0.5) is 11.5 Å². The normalized spacial score (nSPS) is 16.4. The number of nitrogens with one attached hydrogen (secondary N) is 1. The van der Waals surface area contributed by atoms with Gasteiger partial charge >= 0.3 is 0 Å². The molecule has 0 spiro atoms. The van der Waals surface area contributed by atoms with E-state index in [9.17, 15) is 9.59 Å².